The number of nitrogens with zero attached hydrogens (tertiary/aromatic N) is 1. The van der Waals surface area contributed by atoms with E-state index >= 15 is 0 Å². The molecule has 116 valence electrons. The minimum absolute atomic E-state index is 0.0407. The number of carbonyl (C=O) groups excluding carboxylic acids is 2. The zero-order valence-corrected chi connectivity index (χ0v) is 11.9. The SMILES string of the molecule is CCCCOc1ccc(/C=C2\NC(=O)NC2=O)cc1[N+](=O)[O-]. The minimum Gasteiger partial charge on any atom is -0.487 e. The van der Waals surface area contributed by atoms with Crippen LogP contribution in [0.1, 0.15) is 25.3 Å². The van der Waals surface area contributed by atoms with Crippen molar-refractivity contribution in [2.75, 3.05) is 6.61 Å². The van der Waals surface area contributed by atoms with E-state index in [1.165, 1.54) is 18.2 Å². The van der Waals surface area contributed by atoms with E-state index in [1.54, 1.807) is 6.07 Å². The van der Waals surface area contributed by atoms with Gasteiger partial charge in [-0.3, -0.25) is 20.2 Å². The number of hydrogen-bond acceptors (Lipinski definition) is 5. The van der Waals surface area contributed by atoms with E-state index in [9.17, 15) is 19.7 Å². The third-order valence-corrected chi connectivity index (χ3v) is 2.97. The van der Waals surface area contributed by atoms with Gasteiger partial charge in [0.15, 0.2) is 5.75 Å². The van der Waals surface area contributed by atoms with E-state index in [4.69, 9.17) is 4.74 Å². The van der Waals surface area contributed by atoms with Gasteiger partial charge in [0.05, 0.1) is 11.5 Å². The Balaban J connectivity index is 2.25. The van der Waals surface area contributed by atoms with Gasteiger partial charge in [-0.05, 0) is 24.1 Å². The van der Waals surface area contributed by atoms with Crippen molar-refractivity contribution in [3.8, 4) is 5.75 Å². The Bertz CT molecular complexity index is 654. The number of nitrogens with one attached hydrogen (secondary N) is 2. The third-order valence-electron chi connectivity index (χ3n) is 2.97. The standard InChI is InChI=1S/C14H15N3O5/c1-2-3-6-22-12-5-4-9(8-11(12)17(20)21)7-10-13(18)16-14(19)15-10/h4-5,7-8H,2-3,6H2,1H3,(H2,15,16,18,19)/b10-7-. The minimum atomic E-state index is -0.620. The summed E-state index contributed by atoms with van der Waals surface area (Å²) >= 11 is 0. The highest BCUT2D eigenvalue weighted by Gasteiger charge is 2.23. The average molecular weight is 305 g/mol. The molecule has 1 fully saturated rings. The lowest BCUT2D eigenvalue weighted by Crippen LogP contribution is -2.22. The van der Waals surface area contributed by atoms with Gasteiger partial charge in [-0.15, -0.1) is 0 Å². The largest absolute Gasteiger partial charge is 0.487 e. The summed E-state index contributed by atoms with van der Waals surface area (Å²) in [6.45, 7) is 2.39. The maximum Gasteiger partial charge on any atom is 0.326 e. The fraction of sp³-hybridized carbons (Fsp3) is 0.286. The molecule has 1 aromatic carbocycles. The molecule has 0 atom stereocenters. The normalized spacial score (nSPS) is 15.6. The highest BCUT2D eigenvalue weighted by molar-refractivity contribution is 6.14. The molecule has 0 aliphatic carbocycles. The first kappa shape index (κ1) is 15.5. The predicted molar refractivity (Wildman–Crippen MR) is 78.2 cm³/mol. The second kappa shape index (κ2) is 6.70. The number of rotatable bonds is 6. The van der Waals surface area contributed by atoms with Gasteiger partial charge >= 0.3 is 11.7 Å². The summed E-state index contributed by atoms with van der Waals surface area (Å²) in [5.41, 5.74) is 0.274. The lowest BCUT2D eigenvalue weighted by atomic mass is 10.1. The Hall–Kier alpha value is -2.90. The monoisotopic (exact) mass is 305 g/mol. The van der Waals surface area contributed by atoms with Crippen LogP contribution in [0.5, 0.6) is 5.75 Å². The number of benzene rings is 1. The molecule has 22 heavy (non-hydrogen) atoms. The maximum absolute atomic E-state index is 11.4. The Morgan fingerprint density at radius 2 is 2.09 bits per heavy atom. The molecule has 0 spiro atoms. The molecule has 8 heteroatoms. The Morgan fingerprint density at radius 1 is 1.32 bits per heavy atom. The summed E-state index contributed by atoms with van der Waals surface area (Å²) in [7, 11) is 0. The molecule has 2 N–H and O–H groups in total. The van der Waals surface area contributed by atoms with Crippen LogP contribution >= 0.6 is 0 Å². The Kier molecular flexibility index (Phi) is 4.72. The summed E-state index contributed by atoms with van der Waals surface area (Å²) in [5, 5.41) is 15.5. The predicted octanol–water partition coefficient (Wildman–Crippen LogP) is 1.95. The summed E-state index contributed by atoms with van der Waals surface area (Å²) in [6.07, 6.45) is 3.09. The van der Waals surface area contributed by atoms with Gasteiger partial charge in [0.1, 0.15) is 5.70 Å². The number of amides is 3. The fourth-order valence-electron chi connectivity index (χ4n) is 1.86. The van der Waals surface area contributed by atoms with Crippen molar-refractivity contribution in [1.82, 2.24) is 10.6 Å². The van der Waals surface area contributed by atoms with Gasteiger partial charge in [-0.1, -0.05) is 19.4 Å². The second-order valence-corrected chi connectivity index (χ2v) is 4.65. The summed E-state index contributed by atoms with van der Waals surface area (Å²) in [5.74, 6) is -0.392. The van der Waals surface area contributed by atoms with Crippen LogP contribution in [0, 0.1) is 10.1 Å². The van der Waals surface area contributed by atoms with Gasteiger partial charge in [0.25, 0.3) is 5.91 Å². The van der Waals surface area contributed by atoms with Crippen LogP contribution < -0.4 is 15.4 Å². The quantitative estimate of drug-likeness (QED) is 0.274. The highest BCUT2D eigenvalue weighted by atomic mass is 16.6. The number of hydrogen-bond donors (Lipinski definition) is 2. The van der Waals surface area contributed by atoms with Crippen molar-refractivity contribution < 1.29 is 19.2 Å². The van der Waals surface area contributed by atoms with E-state index in [-0.39, 0.29) is 17.1 Å². The van der Waals surface area contributed by atoms with Gasteiger partial charge in [0.2, 0.25) is 0 Å². The molecule has 1 aliphatic rings. The molecule has 1 heterocycles. The van der Waals surface area contributed by atoms with Crippen molar-refractivity contribution in [2.45, 2.75) is 19.8 Å². The lowest BCUT2D eigenvalue weighted by Gasteiger charge is -2.06. The molecule has 1 aliphatic heterocycles. The molecule has 3 amide bonds. The van der Waals surface area contributed by atoms with Gasteiger partial charge in [0, 0.05) is 6.07 Å². The number of urea groups is 1. The van der Waals surface area contributed by atoms with Crippen LogP contribution in [0.2, 0.25) is 0 Å². The number of carbonyl (C=O) groups is 2. The third kappa shape index (κ3) is 3.60. The molecule has 0 radical (unpaired) electrons. The van der Waals surface area contributed by atoms with E-state index in [1.807, 2.05) is 6.92 Å². The van der Waals surface area contributed by atoms with E-state index in [0.29, 0.717) is 12.2 Å². The number of nitro groups is 1. The first-order valence-corrected chi connectivity index (χ1v) is 6.76. The molecule has 0 bridgehead atoms. The van der Waals surface area contributed by atoms with Crippen LogP contribution in [-0.2, 0) is 4.79 Å². The molecule has 0 aromatic heterocycles. The van der Waals surface area contributed by atoms with Gasteiger partial charge in [-0.25, -0.2) is 4.79 Å². The number of ether oxygens (including phenoxy) is 1. The molecule has 1 saturated heterocycles. The first-order valence-electron chi connectivity index (χ1n) is 6.76. The van der Waals surface area contributed by atoms with E-state index in [0.717, 1.165) is 12.8 Å². The maximum atomic E-state index is 11.4. The summed E-state index contributed by atoms with van der Waals surface area (Å²) < 4.78 is 5.39. The Labute approximate surface area is 126 Å². The number of imide groups is 1. The first-order chi connectivity index (χ1) is 10.5. The van der Waals surface area contributed by atoms with E-state index in [2.05, 4.69) is 10.6 Å². The van der Waals surface area contributed by atoms with Crippen molar-refractivity contribution in [2.24, 2.45) is 0 Å². The zero-order chi connectivity index (χ0) is 16.1. The molecule has 8 nitrogen and oxygen atoms in total. The topological polar surface area (TPSA) is 111 Å². The highest BCUT2D eigenvalue weighted by Crippen LogP contribution is 2.29. The molecular weight excluding hydrogens is 290 g/mol. The van der Waals surface area contributed by atoms with Crippen LogP contribution in [0.15, 0.2) is 23.9 Å². The van der Waals surface area contributed by atoms with Crippen LogP contribution in [0.3, 0.4) is 0 Å². The van der Waals surface area contributed by atoms with Crippen LogP contribution in [0.4, 0.5) is 10.5 Å². The average Bonchev–Trinajstić information content (AvgIpc) is 2.78. The van der Waals surface area contributed by atoms with Gasteiger partial charge in [-0.2, -0.15) is 0 Å². The summed E-state index contributed by atoms with van der Waals surface area (Å²) in [6, 6.07) is 3.74. The second-order valence-electron chi connectivity index (χ2n) is 4.65. The van der Waals surface area contributed by atoms with Gasteiger partial charge < -0.3 is 10.1 Å². The van der Waals surface area contributed by atoms with Crippen LogP contribution in [0.25, 0.3) is 6.08 Å². The molecule has 1 aromatic rings. The van der Waals surface area contributed by atoms with Crippen molar-refractivity contribution >= 4 is 23.7 Å². The fourth-order valence-corrected chi connectivity index (χ4v) is 1.86. The van der Waals surface area contributed by atoms with Crippen molar-refractivity contribution in [3.05, 3.63) is 39.6 Å². The van der Waals surface area contributed by atoms with Crippen molar-refractivity contribution in [1.29, 1.82) is 0 Å². The lowest BCUT2D eigenvalue weighted by molar-refractivity contribution is -0.385. The molecule has 2 rings (SSSR count). The molecule has 0 saturated carbocycles. The molecular formula is C14H15N3O5. The smallest absolute Gasteiger partial charge is 0.326 e. The zero-order valence-electron chi connectivity index (χ0n) is 11.9. The summed E-state index contributed by atoms with van der Waals surface area (Å²) in [4.78, 5) is 33.0. The molecule has 0 unspecified atom stereocenters. The van der Waals surface area contributed by atoms with E-state index < -0.39 is 16.9 Å². The Morgan fingerprint density at radius 3 is 2.68 bits per heavy atom. The van der Waals surface area contributed by atoms with Crippen LogP contribution in [-0.4, -0.2) is 23.5 Å². The van der Waals surface area contributed by atoms with Crippen molar-refractivity contribution in [3.63, 3.8) is 0 Å². The number of unbranched alkanes of at least 4 members (excludes halogenated alkanes) is 1. The number of nitro benzene ring substituents is 1.